The molecule has 10 heteroatoms. The number of carbonyl (C=O) groups is 1. The maximum atomic E-state index is 15.1. The molecule has 0 atom stereocenters. The molecule has 236 valence electrons. The average Bonchev–Trinajstić information content (AvgIpc) is 3.79. The summed E-state index contributed by atoms with van der Waals surface area (Å²) in [4.78, 5) is 22.0. The average molecular weight is 623 g/mol. The summed E-state index contributed by atoms with van der Waals surface area (Å²) in [6.07, 6.45) is 2.88. The zero-order chi connectivity index (χ0) is 31.8. The topological polar surface area (TPSA) is 70.5 Å². The zero-order valence-corrected chi connectivity index (χ0v) is 25.0. The number of ketones is 1. The van der Waals surface area contributed by atoms with Crippen LogP contribution in [0.2, 0.25) is 0 Å². The molecule has 2 aliphatic heterocycles. The van der Waals surface area contributed by atoms with E-state index in [4.69, 9.17) is 19.2 Å². The van der Waals surface area contributed by atoms with Crippen LogP contribution in [0.25, 0.3) is 22.3 Å². The predicted octanol–water partition coefficient (Wildman–Crippen LogP) is 8.14. The predicted molar refractivity (Wildman–Crippen MR) is 161 cm³/mol. The van der Waals surface area contributed by atoms with Crippen molar-refractivity contribution in [1.29, 1.82) is 0 Å². The Labute approximate surface area is 258 Å². The first-order valence-electron chi connectivity index (χ1n) is 15.3. The number of rotatable bonds is 12. The van der Waals surface area contributed by atoms with Crippen molar-refractivity contribution in [3.63, 3.8) is 0 Å². The lowest BCUT2D eigenvalue weighted by Gasteiger charge is -2.27. The van der Waals surface area contributed by atoms with E-state index in [9.17, 15) is 18.0 Å². The summed E-state index contributed by atoms with van der Waals surface area (Å²) in [6.45, 7) is 6.92. The molecule has 3 aliphatic rings. The molecule has 6 rings (SSSR count). The van der Waals surface area contributed by atoms with Crippen LogP contribution in [0.4, 0.5) is 17.6 Å². The number of fused-ring (bicyclic) bond motifs is 1. The summed E-state index contributed by atoms with van der Waals surface area (Å²) in [6, 6.07) is 8.53. The van der Waals surface area contributed by atoms with Gasteiger partial charge in [-0.1, -0.05) is 32.1 Å². The first-order valence-corrected chi connectivity index (χ1v) is 15.3. The second kappa shape index (κ2) is 12.4. The normalized spacial score (nSPS) is 17.8. The summed E-state index contributed by atoms with van der Waals surface area (Å²) < 4.78 is 72.5. The van der Waals surface area contributed by atoms with Crippen molar-refractivity contribution in [2.24, 2.45) is 5.41 Å². The quantitative estimate of drug-likeness (QED) is 0.190. The number of hydrogen-bond donors (Lipinski definition) is 0. The Kier molecular flexibility index (Phi) is 8.52. The standard InChI is InChI=1S/C35H34F4N2O4/c1-3-5-25-16-30-29(17-32(25)45-27-19-43-20-27)40-18-31(41-30)24-9-8-23(28(36)15-24)14-26(42)7-4-6-22-12-21(2)44-33(13-22)34(10-11-34)35(37,38)39/h8-9,12-13,15-18,27H,2-7,10-11,14,19-20H2,1H3. The molecule has 0 radical (unpaired) electrons. The molecule has 2 aromatic carbocycles. The Bertz CT molecular complexity index is 1700. The van der Waals surface area contributed by atoms with Crippen LogP contribution >= 0.6 is 0 Å². The SMILES string of the molecule is C=C1C=C(CCCC(=O)Cc2ccc(-c3cnc4cc(OC5COC5)c(CCC)cc4n3)cc2F)C=C(C2(C(F)(F)F)CC2)O1. The molecule has 6 nitrogen and oxygen atoms in total. The number of carbonyl (C=O) groups excluding carboxylic acids is 1. The fourth-order valence-electron chi connectivity index (χ4n) is 5.69. The van der Waals surface area contributed by atoms with E-state index in [0.29, 0.717) is 53.9 Å². The lowest BCUT2D eigenvalue weighted by molar-refractivity contribution is -0.183. The highest BCUT2D eigenvalue weighted by Gasteiger charge is 2.67. The first-order chi connectivity index (χ1) is 21.5. The number of hydrogen-bond acceptors (Lipinski definition) is 6. The zero-order valence-electron chi connectivity index (χ0n) is 25.0. The number of alkyl halides is 3. The van der Waals surface area contributed by atoms with Crippen molar-refractivity contribution < 1.29 is 36.6 Å². The molecule has 45 heavy (non-hydrogen) atoms. The molecule has 0 bridgehead atoms. The van der Waals surface area contributed by atoms with Crippen LogP contribution in [0.1, 0.15) is 56.6 Å². The van der Waals surface area contributed by atoms with Gasteiger partial charge in [0.05, 0.1) is 36.1 Å². The molecule has 2 fully saturated rings. The maximum Gasteiger partial charge on any atom is 0.401 e. The van der Waals surface area contributed by atoms with Crippen molar-refractivity contribution in [2.45, 2.75) is 70.6 Å². The molecule has 1 aliphatic carbocycles. The fraction of sp³-hybridized carbons (Fsp3) is 0.400. The summed E-state index contributed by atoms with van der Waals surface area (Å²) in [7, 11) is 0. The van der Waals surface area contributed by atoms with E-state index in [-0.39, 0.29) is 54.7 Å². The Balaban J connectivity index is 1.08. The second-order valence-electron chi connectivity index (χ2n) is 12.0. The highest BCUT2D eigenvalue weighted by Crippen LogP contribution is 2.63. The van der Waals surface area contributed by atoms with Gasteiger partial charge >= 0.3 is 6.18 Å². The van der Waals surface area contributed by atoms with Crippen molar-refractivity contribution in [2.75, 3.05) is 13.2 Å². The number of halogens is 4. The lowest BCUT2D eigenvalue weighted by Crippen LogP contribution is -2.38. The van der Waals surface area contributed by atoms with Crippen molar-refractivity contribution in [1.82, 2.24) is 9.97 Å². The third-order valence-corrected chi connectivity index (χ3v) is 8.47. The third kappa shape index (κ3) is 6.66. The van der Waals surface area contributed by atoms with Gasteiger partial charge in [0.25, 0.3) is 0 Å². The number of ether oxygens (including phenoxy) is 3. The molecule has 1 saturated heterocycles. The number of aromatic nitrogens is 2. The van der Waals surface area contributed by atoms with Gasteiger partial charge in [-0.05, 0) is 73.1 Å². The van der Waals surface area contributed by atoms with Crippen LogP contribution in [0.15, 0.2) is 72.4 Å². The largest absolute Gasteiger partial charge is 0.485 e. The van der Waals surface area contributed by atoms with E-state index in [1.807, 2.05) is 12.1 Å². The Hall–Kier alpha value is -4.05. The van der Waals surface area contributed by atoms with Crippen molar-refractivity contribution in [3.8, 4) is 17.0 Å². The summed E-state index contributed by atoms with van der Waals surface area (Å²) in [5, 5.41) is 0. The molecular weight excluding hydrogens is 588 g/mol. The maximum absolute atomic E-state index is 15.1. The van der Waals surface area contributed by atoms with Gasteiger partial charge < -0.3 is 14.2 Å². The Morgan fingerprint density at radius 3 is 2.56 bits per heavy atom. The molecule has 3 aromatic rings. The van der Waals surface area contributed by atoms with Gasteiger partial charge in [-0.2, -0.15) is 13.2 Å². The highest BCUT2D eigenvalue weighted by atomic mass is 19.4. The van der Waals surface area contributed by atoms with E-state index >= 15 is 4.39 Å². The van der Waals surface area contributed by atoms with E-state index in [1.54, 1.807) is 24.4 Å². The number of allylic oxidation sites excluding steroid dienone is 4. The van der Waals surface area contributed by atoms with Gasteiger partial charge in [-0.15, -0.1) is 0 Å². The van der Waals surface area contributed by atoms with Gasteiger partial charge in [0.1, 0.15) is 40.4 Å². The summed E-state index contributed by atoms with van der Waals surface area (Å²) >= 11 is 0. The Morgan fingerprint density at radius 1 is 1.09 bits per heavy atom. The number of aryl methyl sites for hydroxylation is 1. The summed E-state index contributed by atoms with van der Waals surface area (Å²) in [5.41, 5.74) is 2.42. The van der Waals surface area contributed by atoms with Gasteiger partial charge in [-0.3, -0.25) is 9.78 Å². The van der Waals surface area contributed by atoms with E-state index in [2.05, 4.69) is 18.5 Å². The first kappa shape index (κ1) is 31.0. The van der Waals surface area contributed by atoms with Crippen LogP contribution in [0.3, 0.4) is 0 Å². The smallest absolute Gasteiger partial charge is 0.401 e. The minimum absolute atomic E-state index is 0.00776. The lowest BCUT2D eigenvalue weighted by atomic mass is 9.96. The van der Waals surface area contributed by atoms with Crippen LogP contribution < -0.4 is 4.74 Å². The number of nitrogens with zero attached hydrogens (tertiary/aromatic N) is 2. The van der Waals surface area contributed by atoms with Gasteiger partial charge in [0.2, 0.25) is 0 Å². The van der Waals surface area contributed by atoms with Crippen molar-refractivity contribution in [3.05, 3.63) is 89.3 Å². The summed E-state index contributed by atoms with van der Waals surface area (Å²) in [5.74, 6) is 0.138. The number of Topliss-reactive ketones (excluding diaryl/α,β-unsaturated/α-hetero) is 1. The van der Waals surface area contributed by atoms with E-state index in [1.165, 1.54) is 12.1 Å². The molecule has 0 amide bonds. The molecule has 1 saturated carbocycles. The fourth-order valence-corrected chi connectivity index (χ4v) is 5.69. The monoisotopic (exact) mass is 622 g/mol. The molecule has 1 aromatic heterocycles. The Morgan fingerprint density at radius 2 is 1.89 bits per heavy atom. The molecule has 0 unspecified atom stereocenters. The molecule has 0 spiro atoms. The van der Waals surface area contributed by atoms with Crippen LogP contribution in [-0.4, -0.2) is 41.2 Å². The van der Waals surface area contributed by atoms with E-state index in [0.717, 1.165) is 24.2 Å². The van der Waals surface area contributed by atoms with Crippen LogP contribution in [0.5, 0.6) is 5.75 Å². The molecule has 3 heterocycles. The molecule has 0 N–H and O–H groups in total. The highest BCUT2D eigenvalue weighted by molar-refractivity contribution is 5.82. The van der Waals surface area contributed by atoms with Crippen molar-refractivity contribution >= 4 is 16.8 Å². The van der Waals surface area contributed by atoms with E-state index < -0.39 is 17.4 Å². The minimum Gasteiger partial charge on any atom is -0.485 e. The minimum atomic E-state index is -4.39. The number of benzene rings is 2. The van der Waals surface area contributed by atoms with Gasteiger partial charge in [-0.25, -0.2) is 9.37 Å². The van der Waals surface area contributed by atoms with Gasteiger partial charge in [0.15, 0.2) is 0 Å². The third-order valence-electron chi connectivity index (χ3n) is 8.47. The molecular formula is C35H34F4N2O4. The van der Waals surface area contributed by atoms with Crippen LogP contribution in [-0.2, 0) is 27.1 Å². The van der Waals surface area contributed by atoms with Gasteiger partial charge in [0, 0.05) is 24.5 Å². The second-order valence-corrected chi connectivity index (χ2v) is 12.0. The van der Waals surface area contributed by atoms with Crippen LogP contribution in [0, 0.1) is 11.2 Å².